The average Bonchev–Trinajstić information content (AvgIpc) is 3.23. The third-order valence-electron chi connectivity index (χ3n) is 5.91. The fraction of sp³-hybridized carbons (Fsp3) is 0.148. The number of carbonyl (C=O) groups is 2. The van der Waals surface area contributed by atoms with Crippen molar-refractivity contribution in [2.24, 2.45) is 5.73 Å². The number of primary amides is 1. The Morgan fingerprint density at radius 3 is 2.44 bits per heavy atom. The standard InChI is InChI=1S/C27H24N4O3/c1-17-7-11-20(12-8-17)31-27-25(26(30-31)19-5-3-2-4-6-19)22(15-24(33)29-27)18-9-13-21(14-10-18)34-16-23(28)32/h2-14,22H,15-16H2,1H3,(H2,28,32)(H,29,33)/t22-/m1/s1. The van der Waals surface area contributed by atoms with Crippen molar-refractivity contribution >= 4 is 17.6 Å². The number of aromatic nitrogens is 2. The highest BCUT2D eigenvalue weighted by Gasteiger charge is 2.34. The van der Waals surface area contributed by atoms with E-state index in [0.29, 0.717) is 18.0 Å². The molecule has 5 rings (SSSR count). The highest BCUT2D eigenvalue weighted by atomic mass is 16.5. The summed E-state index contributed by atoms with van der Waals surface area (Å²) in [6.07, 6.45) is 0.300. The molecule has 0 radical (unpaired) electrons. The number of benzene rings is 3. The molecule has 1 aromatic heterocycles. The molecule has 0 saturated heterocycles. The molecule has 0 saturated carbocycles. The van der Waals surface area contributed by atoms with Gasteiger partial charge in [0, 0.05) is 23.5 Å². The zero-order valence-corrected chi connectivity index (χ0v) is 18.7. The molecular weight excluding hydrogens is 428 g/mol. The summed E-state index contributed by atoms with van der Waals surface area (Å²) in [7, 11) is 0. The highest BCUT2D eigenvalue weighted by molar-refractivity contribution is 5.96. The molecular formula is C27H24N4O3. The van der Waals surface area contributed by atoms with Crippen molar-refractivity contribution in [2.75, 3.05) is 11.9 Å². The lowest BCUT2D eigenvalue weighted by atomic mass is 9.84. The summed E-state index contributed by atoms with van der Waals surface area (Å²) >= 11 is 0. The van der Waals surface area contributed by atoms with E-state index in [1.807, 2.05) is 78.3 Å². The maximum absolute atomic E-state index is 12.8. The van der Waals surface area contributed by atoms with Gasteiger partial charge in [-0.15, -0.1) is 0 Å². The topological polar surface area (TPSA) is 99.2 Å². The summed E-state index contributed by atoms with van der Waals surface area (Å²) in [5.41, 5.74) is 10.9. The maximum Gasteiger partial charge on any atom is 0.255 e. The predicted octanol–water partition coefficient (Wildman–Crippen LogP) is 4.19. The molecule has 7 heteroatoms. The van der Waals surface area contributed by atoms with E-state index in [1.54, 1.807) is 12.1 Å². The van der Waals surface area contributed by atoms with Gasteiger partial charge in [-0.05, 0) is 36.8 Å². The van der Waals surface area contributed by atoms with Crippen molar-refractivity contribution in [3.8, 4) is 22.7 Å². The van der Waals surface area contributed by atoms with E-state index in [-0.39, 0.29) is 18.4 Å². The first-order valence-electron chi connectivity index (χ1n) is 11.1. The van der Waals surface area contributed by atoms with Crippen molar-refractivity contribution in [3.05, 3.63) is 95.6 Å². The third kappa shape index (κ3) is 4.15. The van der Waals surface area contributed by atoms with Crippen LogP contribution in [0.25, 0.3) is 16.9 Å². The molecule has 3 N–H and O–H groups in total. The molecule has 2 amide bonds. The van der Waals surface area contributed by atoms with Crippen LogP contribution in [0.4, 0.5) is 5.82 Å². The summed E-state index contributed by atoms with van der Waals surface area (Å²) in [6.45, 7) is 1.85. The molecule has 0 aliphatic carbocycles. The lowest BCUT2D eigenvalue weighted by Crippen LogP contribution is -2.25. The SMILES string of the molecule is Cc1ccc(-n2nc(-c3ccccc3)c3c2NC(=O)C[C@@H]3c2ccc(OCC(N)=O)cc2)cc1. The minimum Gasteiger partial charge on any atom is -0.484 e. The zero-order valence-electron chi connectivity index (χ0n) is 18.7. The van der Waals surface area contributed by atoms with Crippen LogP contribution in [-0.4, -0.2) is 28.2 Å². The van der Waals surface area contributed by atoms with Gasteiger partial charge in [0.1, 0.15) is 11.6 Å². The van der Waals surface area contributed by atoms with E-state index in [9.17, 15) is 9.59 Å². The minimum atomic E-state index is -0.534. The number of carbonyl (C=O) groups excluding carboxylic acids is 2. The van der Waals surface area contributed by atoms with E-state index in [2.05, 4.69) is 5.32 Å². The van der Waals surface area contributed by atoms with Crippen LogP contribution < -0.4 is 15.8 Å². The summed E-state index contributed by atoms with van der Waals surface area (Å²) in [6, 6.07) is 25.4. The number of nitrogens with one attached hydrogen (secondary N) is 1. The Labute approximate surface area is 197 Å². The molecule has 3 aromatic carbocycles. The van der Waals surface area contributed by atoms with Crippen LogP contribution in [0.5, 0.6) is 5.75 Å². The smallest absolute Gasteiger partial charge is 0.255 e. The van der Waals surface area contributed by atoms with Crippen molar-refractivity contribution in [2.45, 2.75) is 19.3 Å². The van der Waals surface area contributed by atoms with Gasteiger partial charge in [-0.3, -0.25) is 9.59 Å². The summed E-state index contributed by atoms with van der Waals surface area (Å²) < 4.78 is 7.21. The van der Waals surface area contributed by atoms with E-state index in [4.69, 9.17) is 15.6 Å². The first-order chi connectivity index (χ1) is 16.5. The van der Waals surface area contributed by atoms with Crippen LogP contribution in [0, 0.1) is 6.92 Å². The van der Waals surface area contributed by atoms with Gasteiger partial charge in [-0.2, -0.15) is 5.10 Å². The molecule has 1 atom stereocenters. The number of amides is 2. The lowest BCUT2D eigenvalue weighted by Gasteiger charge is -2.25. The van der Waals surface area contributed by atoms with Gasteiger partial charge in [0.2, 0.25) is 5.91 Å². The maximum atomic E-state index is 12.8. The number of ether oxygens (including phenoxy) is 1. The summed E-state index contributed by atoms with van der Waals surface area (Å²) in [4.78, 5) is 23.8. The quantitative estimate of drug-likeness (QED) is 0.458. The largest absolute Gasteiger partial charge is 0.484 e. The van der Waals surface area contributed by atoms with E-state index in [1.165, 1.54) is 0 Å². The molecule has 0 fully saturated rings. The minimum absolute atomic E-state index is 0.0700. The number of fused-ring (bicyclic) bond motifs is 1. The van der Waals surface area contributed by atoms with Crippen LogP contribution in [0.3, 0.4) is 0 Å². The fourth-order valence-corrected chi connectivity index (χ4v) is 4.27. The summed E-state index contributed by atoms with van der Waals surface area (Å²) in [5, 5.41) is 8.03. The number of rotatable bonds is 6. The normalized spacial score (nSPS) is 14.9. The number of nitrogens with zero attached hydrogens (tertiary/aromatic N) is 2. The Morgan fingerprint density at radius 1 is 1.06 bits per heavy atom. The van der Waals surface area contributed by atoms with Crippen molar-refractivity contribution in [1.82, 2.24) is 9.78 Å². The second-order valence-corrected chi connectivity index (χ2v) is 8.35. The second-order valence-electron chi connectivity index (χ2n) is 8.35. The monoisotopic (exact) mass is 452 g/mol. The number of anilines is 1. The third-order valence-corrected chi connectivity index (χ3v) is 5.91. The summed E-state index contributed by atoms with van der Waals surface area (Å²) in [5.74, 6) is 0.427. The Balaban J connectivity index is 1.63. The van der Waals surface area contributed by atoms with E-state index >= 15 is 0 Å². The molecule has 34 heavy (non-hydrogen) atoms. The second kappa shape index (κ2) is 8.86. The number of hydrogen-bond acceptors (Lipinski definition) is 4. The molecule has 1 aliphatic rings. The van der Waals surface area contributed by atoms with Crippen LogP contribution >= 0.6 is 0 Å². The van der Waals surface area contributed by atoms with Gasteiger partial charge in [-0.25, -0.2) is 4.68 Å². The van der Waals surface area contributed by atoms with Crippen molar-refractivity contribution < 1.29 is 14.3 Å². The Kier molecular flexibility index (Phi) is 5.59. The van der Waals surface area contributed by atoms with Crippen LogP contribution in [0.15, 0.2) is 78.9 Å². The number of hydrogen-bond donors (Lipinski definition) is 2. The molecule has 2 heterocycles. The first kappa shape index (κ1) is 21.5. The number of nitrogens with two attached hydrogens (primary N) is 1. The molecule has 170 valence electrons. The molecule has 0 spiro atoms. The Bertz CT molecular complexity index is 1340. The van der Waals surface area contributed by atoms with Gasteiger partial charge in [0.15, 0.2) is 6.61 Å². The van der Waals surface area contributed by atoms with Crippen LogP contribution in [0.1, 0.15) is 29.0 Å². The predicted molar refractivity (Wildman–Crippen MR) is 130 cm³/mol. The molecule has 4 aromatic rings. The van der Waals surface area contributed by atoms with Gasteiger partial charge < -0.3 is 15.8 Å². The Hall–Kier alpha value is -4.39. The van der Waals surface area contributed by atoms with Crippen molar-refractivity contribution in [3.63, 3.8) is 0 Å². The van der Waals surface area contributed by atoms with Crippen LogP contribution in [0.2, 0.25) is 0 Å². The van der Waals surface area contributed by atoms with Gasteiger partial charge >= 0.3 is 0 Å². The van der Waals surface area contributed by atoms with Crippen molar-refractivity contribution in [1.29, 1.82) is 0 Å². The first-order valence-corrected chi connectivity index (χ1v) is 11.1. The zero-order chi connectivity index (χ0) is 23.7. The number of aryl methyl sites for hydroxylation is 1. The van der Waals surface area contributed by atoms with Crippen LogP contribution in [-0.2, 0) is 9.59 Å². The molecule has 0 bridgehead atoms. The molecule has 1 aliphatic heterocycles. The molecule has 7 nitrogen and oxygen atoms in total. The Morgan fingerprint density at radius 2 is 1.76 bits per heavy atom. The van der Waals surface area contributed by atoms with E-state index in [0.717, 1.165) is 33.6 Å². The van der Waals surface area contributed by atoms with Gasteiger partial charge in [-0.1, -0.05) is 60.2 Å². The average molecular weight is 453 g/mol. The molecule has 0 unspecified atom stereocenters. The fourth-order valence-electron chi connectivity index (χ4n) is 4.27. The highest BCUT2D eigenvalue weighted by Crippen LogP contribution is 2.44. The van der Waals surface area contributed by atoms with Gasteiger partial charge in [0.05, 0.1) is 11.4 Å². The van der Waals surface area contributed by atoms with Gasteiger partial charge in [0.25, 0.3) is 5.91 Å². The lowest BCUT2D eigenvalue weighted by molar-refractivity contribution is -0.120. The van der Waals surface area contributed by atoms with E-state index < -0.39 is 5.91 Å².